The predicted octanol–water partition coefficient (Wildman–Crippen LogP) is 3.32. The fourth-order valence-electron chi connectivity index (χ4n) is 1.91. The molecule has 0 saturated carbocycles. The molecule has 0 aliphatic heterocycles. The Labute approximate surface area is 116 Å². The zero-order valence-corrected chi connectivity index (χ0v) is 12.5. The second-order valence-corrected chi connectivity index (χ2v) is 4.75. The van der Waals surface area contributed by atoms with Gasteiger partial charge in [0.05, 0.1) is 13.7 Å². The Bertz CT molecular complexity index is 413. The summed E-state index contributed by atoms with van der Waals surface area (Å²) in [5.74, 6) is 1.62. The van der Waals surface area contributed by atoms with Crippen LogP contribution < -0.4 is 14.8 Å². The van der Waals surface area contributed by atoms with Gasteiger partial charge in [0.25, 0.3) is 0 Å². The first-order valence-electron chi connectivity index (χ1n) is 6.79. The number of hydrogen-bond donors (Lipinski definition) is 1. The molecule has 1 aromatic rings. The molecule has 106 valence electrons. The first-order valence-corrected chi connectivity index (χ1v) is 6.79. The minimum absolute atomic E-state index is 0.459. The fourth-order valence-corrected chi connectivity index (χ4v) is 1.91. The third-order valence-corrected chi connectivity index (χ3v) is 2.78. The maximum Gasteiger partial charge on any atom is 0.164 e. The van der Waals surface area contributed by atoms with E-state index in [4.69, 9.17) is 9.47 Å². The number of rotatable bonds is 8. The van der Waals surface area contributed by atoms with E-state index in [0.29, 0.717) is 12.6 Å². The number of nitrogens with one attached hydrogen (secondary N) is 1. The Balaban J connectivity index is 3.07. The molecule has 0 atom stereocenters. The second kappa shape index (κ2) is 7.85. The summed E-state index contributed by atoms with van der Waals surface area (Å²) in [7, 11) is 1.68. The summed E-state index contributed by atoms with van der Waals surface area (Å²) in [5.41, 5.74) is 2.32. The largest absolute Gasteiger partial charge is 0.493 e. The molecule has 1 rings (SSSR count). The highest BCUT2D eigenvalue weighted by atomic mass is 16.5. The van der Waals surface area contributed by atoms with Gasteiger partial charge >= 0.3 is 0 Å². The molecule has 3 nitrogen and oxygen atoms in total. The van der Waals surface area contributed by atoms with Crippen LogP contribution in [0.3, 0.4) is 0 Å². The van der Waals surface area contributed by atoms with Crippen molar-refractivity contribution in [1.82, 2.24) is 5.32 Å². The lowest BCUT2D eigenvalue weighted by Gasteiger charge is -2.16. The molecule has 0 amide bonds. The van der Waals surface area contributed by atoms with Crippen LogP contribution in [0.4, 0.5) is 0 Å². The van der Waals surface area contributed by atoms with Gasteiger partial charge in [-0.25, -0.2) is 0 Å². The van der Waals surface area contributed by atoms with Gasteiger partial charge in [0, 0.05) is 18.2 Å². The molecule has 0 aliphatic rings. The highest BCUT2D eigenvalue weighted by molar-refractivity contribution is 5.50. The average molecular weight is 263 g/mol. The number of allylic oxidation sites excluding steroid dienone is 1. The summed E-state index contributed by atoms with van der Waals surface area (Å²) in [6.07, 6.45) is 2.66. The summed E-state index contributed by atoms with van der Waals surface area (Å²) < 4.78 is 11.1. The standard InChI is InChI=1S/C16H25NO2/c1-6-8-14-9-13(11-17-12(3)4)10-15(18-5)16(14)19-7-2/h6,9-10,12,17H,1,7-8,11H2,2-5H3. The molecule has 0 spiro atoms. The molecule has 0 unspecified atom stereocenters. The van der Waals surface area contributed by atoms with E-state index in [-0.39, 0.29) is 0 Å². The highest BCUT2D eigenvalue weighted by Crippen LogP contribution is 2.33. The highest BCUT2D eigenvalue weighted by Gasteiger charge is 2.12. The van der Waals surface area contributed by atoms with Gasteiger partial charge in [-0.3, -0.25) is 0 Å². The molecule has 0 bridgehead atoms. The Morgan fingerprint density at radius 3 is 2.63 bits per heavy atom. The van der Waals surface area contributed by atoms with Crippen LogP contribution in [0.15, 0.2) is 24.8 Å². The number of methoxy groups -OCH3 is 1. The monoisotopic (exact) mass is 263 g/mol. The molecule has 0 fully saturated rings. The van der Waals surface area contributed by atoms with Crippen molar-refractivity contribution in [1.29, 1.82) is 0 Å². The minimum Gasteiger partial charge on any atom is -0.493 e. The van der Waals surface area contributed by atoms with Crippen LogP contribution in [0.2, 0.25) is 0 Å². The van der Waals surface area contributed by atoms with Crippen molar-refractivity contribution in [2.75, 3.05) is 13.7 Å². The Morgan fingerprint density at radius 2 is 2.11 bits per heavy atom. The van der Waals surface area contributed by atoms with Gasteiger partial charge in [-0.15, -0.1) is 6.58 Å². The summed E-state index contributed by atoms with van der Waals surface area (Å²) in [5, 5.41) is 3.41. The summed E-state index contributed by atoms with van der Waals surface area (Å²) >= 11 is 0. The van der Waals surface area contributed by atoms with Crippen molar-refractivity contribution < 1.29 is 9.47 Å². The predicted molar refractivity (Wildman–Crippen MR) is 80.0 cm³/mol. The van der Waals surface area contributed by atoms with E-state index in [1.54, 1.807) is 7.11 Å². The van der Waals surface area contributed by atoms with Gasteiger partial charge in [0.2, 0.25) is 0 Å². The molecular formula is C16H25NO2. The molecule has 1 N–H and O–H groups in total. The molecule has 0 aromatic heterocycles. The van der Waals surface area contributed by atoms with Crippen LogP contribution in [0, 0.1) is 0 Å². The molecular weight excluding hydrogens is 238 g/mol. The maximum absolute atomic E-state index is 5.70. The van der Waals surface area contributed by atoms with E-state index in [2.05, 4.69) is 31.8 Å². The van der Waals surface area contributed by atoms with Crippen LogP contribution >= 0.6 is 0 Å². The van der Waals surface area contributed by atoms with Crippen LogP contribution in [0.1, 0.15) is 31.9 Å². The average Bonchev–Trinajstić information content (AvgIpc) is 2.39. The van der Waals surface area contributed by atoms with Gasteiger partial charge in [-0.2, -0.15) is 0 Å². The Morgan fingerprint density at radius 1 is 1.37 bits per heavy atom. The van der Waals surface area contributed by atoms with Crippen LogP contribution in [0.5, 0.6) is 11.5 Å². The van der Waals surface area contributed by atoms with Crippen molar-refractivity contribution >= 4 is 0 Å². The summed E-state index contributed by atoms with van der Waals surface area (Å²) in [6.45, 7) is 11.5. The lowest BCUT2D eigenvalue weighted by Crippen LogP contribution is -2.22. The number of benzene rings is 1. The molecule has 19 heavy (non-hydrogen) atoms. The van der Waals surface area contributed by atoms with Crippen LogP contribution in [0.25, 0.3) is 0 Å². The van der Waals surface area contributed by atoms with E-state index in [1.807, 2.05) is 19.1 Å². The third-order valence-electron chi connectivity index (χ3n) is 2.78. The lowest BCUT2D eigenvalue weighted by molar-refractivity contribution is 0.308. The summed E-state index contributed by atoms with van der Waals surface area (Å²) in [4.78, 5) is 0. The second-order valence-electron chi connectivity index (χ2n) is 4.75. The molecule has 0 radical (unpaired) electrons. The van der Waals surface area contributed by atoms with E-state index < -0.39 is 0 Å². The van der Waals surface area contributed by atoms with Gasteiger partial charge < -0.3 is 14.8 Å². The molecule has 1 aromatic carbocycles. The van der Waals surface area contributed by atoms with E-state index in [0.717, 1.165) is 30.0 Å². The number of hydrogen-bond acceptors (Lipinski definition) is 3. The van der Waals surface area contributed by atoms with Crippen LogP contribution in [-0.4, -0.2) is 19.8 Å². The minimum atomic E-state index is 0.459. The third kappa shape index (κ3) is 4.60. The zero-order chi connectivity index (χ0) is 14.3. The quantitative estimate of drug-likeness (QED) is 0.730. The SMILES string of the molecule is C=CCc1cc(CNC(C)C)cc(OC)c1OCC. The van der Waals surface area contributed by atoms with Crippen molar-refractivity contribution in [3.8, 4) is 11.5 Å². The van der Waals surface area contributed by atoms with E-state index in [1.165, 1.54) is 5.56 Å². The first kappa shape index (κ1) is 15.6. The molecule has 0 saturated heterocycles. The van der Waals surface area contributed by atoms with Crippen molar-refractivity contribution in [2.45, 2.75) is 39.8 Å². The fraction of sp³-hybridized carbons (Fsp3) is 0.500. The first-order chi connectivity index (χ1) is 9.12. The maximum atomic E-state index is 5.70. The molecule has 0 aliphatic carbocycles. The van der Waals surface area contributed by atoms with Crippen LogP contribution in [-0.2, 0) is 13.0 Å². The van der Waals surface area contributed by atoms with Crippen molar-refractivity contribution in [3.05, 3.63) is 35.9 Å². The molecule has 0 heterocycles. The smallest absolute Gasteiger partial charge is 0.164 e. The normalized spacial score (nSPS) is 10.6. The number of ether oxygens (including phenoxy) is 2. The van der Waals surface area contributed by atoms with Gasteiger partial charge in [0.15, 0.2) is 11.5 Å². The summed E-state index contributed by atoms with van der Waals surface area (Å²) in [6, 6.07) is 4.65. The zero-order valence-electron chi connectivity index (χ0n) is 12.5. The Hall–Kier alpha value is -1.48. The van der Waals surface area contributed by atoms with Crippen molar-refractivity contribution in [3.63, 3.8) is 0 Å². The Kier molecular flexibility index (Phi) is 6.43. The van der Waals surface area contributed by atoms with Gasteiger partial charge in [-0.05, 0) is 25.0 Å². The van der Waals surface area contributed by atoms with Crippen molar-refractivity contribution in [2.24, 2.45) is 0 Å². The topological polar surface area (TPSA) is 30.5 Å². The van der Waals surface area contributed by atoms with E-state index in [9.17, 15) is 0 Å². The molecule has 3 heteroatoms. The van der Waals surface area contributed by atoms with Gasteiger partial charge in [0.1, 0.15) is 0 Å². The van der Waals surface area contributed by atoms with Gasteiger partial charge in [-0.1, -0.05) is 26.0 Å². The lowest BCUT2D eigenvalue weighted by atomic mass is 10.1. The van der Waals surface area contributed by atoms with E-state index >= 15 is 0 Å².